The van der Waals surface area contributed by atoms with Crippen LogP contribution >= 0.6 is 0 Å². The number of carbonyl (C=O) groups is 2. The molecule has 1 atom stereocenters. The fraction of sp³-hybridized carbons (Fsp3) is 0.500. The van der Waals surface area contributed by atoms with Gasteiger partial charge in [0, 0.05) is 32.6 Å². The maximum Gasteiger partial charge on any atom is 0.317 e. The molecule has 0 saturated carbocycles. The van der Waals surface area contributed by atoms with Crippen molar-refractivity contribution in [3.63, 3.8) is 0 Å². The Bertz CT molecular complexity index is 650. The van der Waals surface area contributed by atoms with E-state index in [9.17, 15) is 9.59 Å². The van der Waals surface area contributed by atoms with E-state index in [4.69, 9.17) is 5.26 Å². The van der Waals surface area contributed by atoms with Crippen LogP contribution in [0.5, 0.6) is 0 Å². The number of carbonyl (C=O) groups excluding carboxylic acids is 2. The summed E-state index contributed by atoms with van der Waals surface area (Å²) >= 11 is 0. The second kappa shape index (κ2) is 7.35. The van der Waals surface area contributed by atoms with Gasteiger partial charge in [-0.25, -0.2) is 4.79 Å². The second-order valence-corrected chi connectivity index (χ2v) is 6.37. The van der Waals surface area contributed by atoms with Crippen LogP contribution in [0.1, 0.15) is 30.4 Å². The van der Waals surface area contributed by atoms with Gasteiger partial charge in [0.05, 0.1) is 17.7 Å². The van der Waals surface area contributed by atoms with Gasteiger partial charge in [0.1, 0.15) is 0 Å². The Morgan fingerprint density at radius 3 is 2.75 bits per heavy atom. The van der Waals surface area contributed by atoms with Crippen molar-refractivity contribution >= 4 is 11.9 Å². The Kier molecular flexibility index (Phi) is 4.99. The minimum absolute atomic E-state index is 0.00752. The zero-order chi connectivity index (χ0) is 16.9. The van der Waals surface area contributed by atoms with Crippen LogP contribution in [0.4, 0.5) is 4.79 Å². The second-order valence-electron chi connectivity index (χ2n) is 6.37. The molecule has 0 unspecified atom stereocenters. The van der Waals surface area contributed by atoms with Gasteiger partial charge in [-0.2, -0.15) is 5.26 Å². The largest absolute Gasteiger partial charge is 0.341 e. The van der Waals surface area contributed by atoms with Crippen LogP contribution in [0.2, 0.25) is 0 Å². The van der Waals surface area contributed by atoms with Crippen molar-refractivity contribution in [2.45, 2.75) is 31.7 Å². The van der Waals surface area contributed by atoms with Crippen molar-refractivity contribution in [2.75, 3.05) is 26.2 Å². The smallest absolute Gasteiger partial charge is 0.317 e. The van der Waals surface area contributed by atoms with Crippen molar-refractivity contribution in [3.05, 3.63) is 35.4 Å². The fourth-order valence-electron chi connectivity index (χ4n) is 3.43. The number of nitrogens with zero attached hydrogens (tertiary/aromatic N) is 3. The predicted molar refractivity (Wildman–Crippen MR) is 89.2 cm³/mol. The molecule has 0 bridgehead atoms. The summed E-state index contributed by atoms with van der Waals surface area (Å²) in [6, 6.07) is 9.59. The average Bonchev–Trinajstić information content (AvgIpc) is 3.06. The van der Waals surface area contributed by atoms with E-state index in [1.54, 1.807) is 12.1 Å². The number of hydrogen-bond acceptors (Lipinski definition) is 3. The zero-order valence-corrected chi connectivity index (χ0v) is 13.7. The SMILES string of the molecule is N#Cc1ccc(CCC(=O)N2CCC[C@H](N3CCNC3=O)C2)cc1. The first-order valence-electron chi connectivity index (χ1n) is 8.48. The lowest BCUT2D eigenvalue weighted by molar-refractivity contribution is -0.133. The predicted octanol–water partition coefficient (Wildman–Crippen LogP) is 1.51. The molecule has 2 fully saturated rings. The van der Waals surface area contributed by atoms with E-state index in [1.165, 1.54) is 0 Å². The lowest BCUT2D eigenvalue weighted by Crippen LogP contribution is -2.50. The molecule has 6 heteroatoms. The Labute approximate surface area is 142 Å². The van der Waals surface area contributed by atoms with E-state index >= 15 is 0 Å². The van der Waals surface area contributed by atoms with Gasteiger partial charge in [-0.1, -0.05) is 12.1 Å². The first kappa shape index (κ1) is 16.3. The van der Waals surface area contributed by atoms with E-state index in [-0.39, 0.29) is 18.0 Å². The number of piperidine rings is 1. The highest BCUT2D eigenvalue weighted by Crippen LogP contribution is 2.19. The van der Waals surface area contributed by atoms with Gasteiger partial charge in [0.25, 0.3) is 0 Å². The summed E-state index contributed by atoms with van der Waals surface area (Å²) in [5.74, 6) is 0.142. The number of rotatable bonds is 4. The highest BCUT2D eigenvalue weighted by molar-refractivity contribution is 5.78. The van der Waals surface area contributed by atoms with Crippen molar-refractivity contribution in [3.8, 4) is 6.07 Å². The maximum atomic E-state index is 12.5. The number of hydrogen-bond donors (Lipinski definition) is 1. The number of nitriles is 1. The molecule has 2 aliphatic heterocycles. The third kappa shape index (κ3) is 3.67. The molecule has 0 radical (unpaired) electrons. The molecule has 3 rings (SSSR count). The summed E-state index contributed by atoms with van der Waals surface area (Å²) in [6.45, 7) is 2.84. The molecule has 3 amide bonds. The highest BCUT2D eigenvalue weighted by atomic mass is 16.2. The summed E-state index contributed by atoms with van der Waals surface area (Å²) in [5.41, 5.74) is 1.70. The first-order valence-corrected chi connectivity index (χ1v) is 8.48. The minimum atomic E-state index is -0.00752. The molecule has 1 aromatic rings. The number of urea groups is 1. The standard InChI is InChI=1S/C18H22N4O2/c19-12-15-5-3-14(4-6-15)7-8-17(23)21-10-1-2-16(13-21)22-11-9-20-18(22)24/h3-6,16H,1-2,7-11,13H2,(H,20,24)/t16-/m0/s1. The van der Waals surface area contributed by atoms with E-state index in [2.05, 4.69) is 11.4 Å². The molecule has 2 heterocycles. The quantitative estimate of drug-likeness (QED) is 0.911. The van der Waals surface area contributed by atoms with Gasteiger partial charge in [-0.3, -0.25) is 4.79 Å². The third-order valence-electron chi connectivity index (χ3n) is 4.79. The molecule has 1 aromatic carbocycles. The van der Waals surface area contributed by atoms with E-state index in [0.717, 1.165) is 31.5 Å². The van der Waals surface area contributed by atoms with Crippen molar-refractivity contribution < 1.29 is 9.59 Å². The number of nitrogens with one attached hydrogen (secondary N) is 1. The van der Waals surface area contributed by atoms with Crippen LogP contribution in [-0.4, -0.2) is 54.0 Å². The Hall–Kier alpha value is -2.55. The van der Waals surface area contributed by atoms with Crippen LogP contribution in [-0.2, 0) is 11.2 Å². The third-order valence-corrected chi connectivity index (χ3v) is 4.79. The number of benzene rings is 1. The monoisotopic (exact) mass is 326 g/mol. The van der Waals surface area contributed by atoms with Crippen LogP contribution in [0.3, 0.4) is 0 Å². The number of amides is 3. The molecule has 24 heavy (non-hydrogen) atoms. The molecule has 0 aliphatic carbocycles. The number of likely N-dealkylation sites (tertiary alicyclic amines) is 1. The van der Waals surface area contributed by atoms with Crippen molar-refractivity contribution in [1.82, 2.24) is 15.1 Å². The van der Waals surface area contributed by atoms with E-state index in [0.29, 0.717) is 31.5 Å². The average molecular weight is 326 g/mol. The van der Waals surface area contributed by atoms with Crippen molar-refractivity contribution in [1.29, 1.82) is 5.26 Å². The zero-order valence-electron chi connectivity index (χ0n) is 13.7. The van der Waals surface area contributed by atoms with Crippen molar-refractivity contribution in [2.24, 2.45) is 0 Å². The molecule has 0 aromatic heterocycles. The highest BCUT2D eigenvalue weighted by Gasteiger charge is 2.32. The summed E-state index contributed by atoms with van der Waals surface area (Å²) in [7, 11) is 0. The Balaban J connectivity index is 1.52. The van der Waals surface area contributed by atoms with Gasteiger partial charge < -0.3 is 15.1 Å². The topological polar surface area (TPSA) is 76.4 Å². The fourth-order valence-corrected chi connectivity index (χ4v) is 3.43. The van der Waals surface area contributed by atoms with E-state index in [1.807, 2.05) is 21.9 Å². The van der Waals surface area contributed by atoms with Crippen LogP contribution < -0.4 is 5.32 Å². The molecule has 126 valence electrons. The van der Waals surface area contributed by atoms with Crippen LogP contribution in [0, 0.1) is 11.3 Å². The number of aryl methyl sites for hydroxylation is 1. The molecular weight excluding hydrogens is 304 g/mol. The molecule has 2 saturated heterocycles. The maximum absolute atomic E-state index is 12.5. The molecule has 6 nitrogen and oxygen atoms in total. The molecule has 2 aliphatic rings. The van der Waals surface area contributed by atoms with Crippen LogP contribution in [0.25, 0.3) is 0 Å². The summed E-state index contributed by atoms with van der Waals surface area (Å²) in [5, 5.41) is 11.6. The Morgan fingerprint density at radius 1 is 1.29 bits per heavy atom. The van der Waals surface area contributed by atoms with Gasteiger partial charge in [0.15, 0.2) is 0 Å². The van der Waals surface area contributed by atoms with Gasteiger partial charge in [-0.15, -0.1) is 0 Å². The van der Waals surface area contributed by atoms with Gasteiger partial charge in [0.2, 0.25) is 5.91 Å². The van der Waals surface area contributed by atoms with Crippen LogP contribution in [0.15, 0.2) is 24.3 Å². The molecule has 1 N–H and O–H groups in total. The lowest BCUT2D eigenvalue weighted by Gasteiger charge is -2.37. The first-order chi connectivity index (χ1) is 11.7. The summed E-state index contributed by atoms with van der Waals surface area (Å²) in [6.07, 6.45) is 3.05. The normalized spacial score (nSPS) is 20.6. The van der Waals surface area contributed by atoms with Gasteiger partial charge in [-0.05, 0) is 37.0 Å². The lowest BCUT2D eigenvalue weighted by atomic mass is 10.0. The van der Waals surface area contributed by atoms with E-state index < -0.39 is 0 Å². The minimum Gasteiger partial charge on any atom is -0.341 e. The summed E-state index contributed by atoms with van der Waals surface area (Å²) < 4.78 is 0. The summed E-state index contributed by atoms with van der Waals surface area (Å²) in [4.78, 5) is 28.0. The molecule has 0 spiro atoms. The Morgan fingerprint density at radius 2 is 2.08 bits per heavy atom. The molecular formula is C18H22N4O2. The van der Waals surface area contributed by atoms with Gasteiger partial charge >= 0.3 is 6.03 Å².